The Morgan fingerprint density at radius 1 is 1.13 bits per heavy atom. The number of aliphatic imine (C=N–C) groups is 1. The summed E-state index contributed by atoms with van der Waals surface area (Å²) in [4.78, 5) is 7.16. The van der Waals surface area contributed by atoms with Gasteiger partial charge in [0.15, 0.2) is 5.96 Å². The molecule has 0 saturated carbocycles. The van der Waals surface area contributed by atoms with E-state index in [-0.39, 0.29) is 0 Å². The number of hydrogen-bond acceptors (Lipinski definition) is 2. The largest absolute Gasteiger partial charge is 0.357 e. The van der Waals surface area contributed by atoms with E-state index in [4.69, 9.17) is 0 Å². The van der Waals surface area contributed by atoms with Gasteiger partial charge >= 0.3 is 0 Å². The zero-order valence-corrected chi connectivity index (χ0v) is 15.3. The van der Waals surface area contributed by atoms with Crippen molar-refractivity contribution in [2.24, 2.45) is 4.99 Å². The summed E-state index contributed by atoms with van der Waals surface area (Å²) < 4.78 is 0. The first kappa shape index (κ1) is 19.5. The summed E-state index contributed by atoms with van der Waals surface area (Å²) in [6.07, 6.45) is 2.38. The van der Waals surface area contributed by atoms with Crippen molar-refractivity contribution in [3.8, 4) is 0 Å². The number of hydrogen-bond donors (Lipinski definition) is 2. The van der Waals surface area contributed by atoms with Crippen LogP contribution in [-0.4, -0.2) is 43.1 Å². The first-order valence-corrected chi connectivity index (χ1v) is 9.00. The molecule has 0 heterocycles. The van der Waals surface area contributed by atoms with Crippen molar-refractivity contribution in [2.75, 3.05) is 26.2 Å². The SMILES string of the molecule is CCNC(=NCc1ccccc1)NC(C)CCCN(CC)CC. The van der Waals surface area contributed by atoms with Crippen molar-refractivity contribution in [1.82, 2.24) is 15.5 Å². The number of nitrogens with one attached hydrogen (secondary N) is 2. The minimum atomic E-state index is 0.430. The minimum absolute atomic E-state index is 0.430. The summed E-state index contributed by atoms with van der Waals surface area (Å²) in [5, 5.41) is 6.85. The van der Waals surface area contributed by atoms with Crippen LogP contribution in [0.2, 0.25) is 0 Å². The topological polar surface area (TPSA) is 39.7 Å². The van der Waals surface area contributed by atoms with Gasteiger partial charge in [-0.15, -0.1) is 0 Å². The molecule has 0 aliphatic carbocycles. The zero-order valence-electron chi connectivity index (χ0n) is 15.3. The van der Waals surface area contributed by atoms with Gasteiger partial charge < -0.3 is 15.5 Å². The smallest absolute Gasteiger partial charge is 0.191 e. The molecule has 0 radical (unpaired) electrons. The second-order valence-corrected chi connectivity index (χ2v) is 5.90. The van der Waals surface area contributed by atoms with Crippen molar-refractivity contribution >= 4 is 5.96 Å². The van der Waals surface area contributed by atoms with Crippen LogP contribution in [0.25, 0.3) is 0 Å². The average Bonchev–Trinajstić information content (AvgIpc) is 2.58. The lowest BCUT2D eigenvalue weighted by molar-refractivity contribution is 0.292. The molecule has 0 amide bonds. The molecule has 1 atom stereocenters. The van der Waals surface area contributed by atoms with Crippen molar-refractivity contribution in [3.63, 3.8) is 0 Å². The fraction of sp³-hybridized carbons (Fsp3) is 0.632. The van der Waals surface area contributed by atoms with Crippen molar-refractivity contribution in [2.45, 2.75) is 53.1 Å². The van der Waals surface area contributed by atoms with Crippen LogP contribution in [0.4, 0.5) is 0 Å². The monoisotopic (exact) mass is 318 g/mol. The van der Waals surface area contributed by atoms with Gasteiger partial charge in [0.05, 0.1) is 6.54 Å². The number of guanidine groups is 1. The summed E-state index contributed by atoms with van der Waals surface area (Å²) in [5.74, 6) is 0.909. The van der Waals surface area contributed by atoms with E-state index >= 15 is 0 Å². The van der Waals surface area contributed by atoms with E-state index in [1.807, 2.05) is 6.07 Å². The Labute approximate surface area is 142 Å². The zero-order chi connectivity index (χ0) is 16.9. The molecule has 1 aromatic carbocycles. The molecule has 2 N–H and O–H groups in total. The summed E-state index contributed by atoms with van der Waals surface area (Å²) in [6, 6.07) is 10.8. The lowest BCUT2D eigenvalue weighted by Gasteiger charge is -2.21. The molecule has 0 spiro atoms. The molecule has 0 aliphatic rings. The summed E-state index contributed by atoms with van der Waals surface area (Å²) in [7, 11) is 0. The third kappa shape index (κ3) is 8.60. The van der Waals surface area contributed by atoms with Crippen LogP contribution in [0, 0.1) is 0 Å². The molecule has 0 fully saturated rings. The Kier molecular flexibility index (Phi) is 10.1. The first-order valence-electron chi connectivity index (χ1n) is 9.00. The highest BCUT2D eigenvalue weighted by molar-refractivity contribution is 5.80. The van der Waals surface area contributed by atoms with Gasteiger partial charge in [0, 0.05) is 12.6 Å². The van der Waals surface area contributed by atoms with E-state index in [2.05, 4.69) is 72.5 Å². The van der Waals surface area contributed by atoms with Crippen molar-refractivity contribution in [3.05, 3.63) is 35.9 Å². The molecular formula is C19H34N4. The van der Waals surface area contributed by atoms with Crippen LogP contribution in [0.3, 0.4) is 0 Å². The molecule has 0 aromatic heterocycles. The highest BCUT2D eigenvalue weighted by Crippen LogP contribution is 2.02. The number of rotatable bonds is 10. The highest BCUT2D eigenvalue weighted by atomic mass is 15.2. The Balaban J connectivity index is 2.41. The molecular weight excluding hydrogens is 284 g/mol. The van der Waals surface area contributed by atoms with Gasteiger partial charge in [-0.2, -0.15) is 0 Å². The molecule has 1 unspecified atom stereocenters. The third-order valence-corrected chi connectivity index (χ3v) is 4.00. The normalized spacial score (nSPS) is 13.2. The molecule has 1 rings (SSSR count). The van der Waals surface area contributed by atoms with Crippen LogP contribution in [0.5, 0.6) is 0 Å². The van der Waals surface area contributed by atoms with E-state index in [9.17, 15) is 0 Å². The lowest BCUT2D eigenvalue weighted by Crippen LogP contribution is -2.42. The molecule has 4 heteroatoms. The van der Waals surface area contributed by atoms with Gasteiger partial charge in [-0.3, -0.25) is 0 Å². The van der Waals surface area contributed by atoms with Gasteiger partial charge in [-0.25, -0.2) is 4.99 Å². The van der Waals surface area contributed by atoms with Crippen molar-refractivity contribution < 1.29 is 0 Å². The summed E-state index contributed by atoms with van der Waals surface area (Å²) in [5.41, 5.74) is 1.24. The summed E-state index contributed by atoms with van der Waals surface area (Å²) >= 11 is 0. The Hall–Kier alpha value is -1.55. The predicted molar refractivity (Wildman–Crippen MR) is 101 cm³/mol. The lowest BCUT2D eigenvalue weighted by atomic mass is 10.2. The van der Waals surface area contributed by atoms with Crippen LogP contribution in [-0.2, 0) is 6.54 Å². The quantitative estimate of drug-likeness (QED) is 0.514. The molecule has 130 valence electrons. The summed E-state index contributed by atoms with van der Waals surface area (Å²) in [6.45, 7) is 13.8. The van der Waals surface area contributed by atoms with Gasteiger partial charge in [-0.1, -0.05) is 44.2 Å². The number of benzene rings is 1. The van der Waals surface area contributed by atoms with Crippen LogP contribution in [0.1, 0.15) is 46.1 Å². The van der Waals surface area contributed by atoms with E-state index in [0.717, 1.165) is 32.0 Å². The second-order valence-electron chi connectivity index (χ2n) is 5.90. The second kappa shape index (κ2) is 11.9. The standard InChI is InChI=1S/C19H34N4/c1-5-20-19(21-16-18-13-9-8-10-14-18)22-17(4)12-11-15-23(6-2)7-3/h8-10,13-14,17H,5-7,11-12,15-16H2,1-4H3,(H2,20,21,22). The fourth-order valence-electron chi connectivity index (χ4n) is 2.54. The maximum absolute atomic E-state index is 4.68. The average molecular weight is 319 g/mol. The Bertz CT molecular complexity index is 426. The van der Waals surface area contributed by atoms with Crippen LogP contribution < -0.4 is 10.6 Å². The van der Waals surface area contributed by atoms with Crippen LogP contribution in [0.15, 0.2) is 35.3 Å². The predicted octanol–water partition coefficient (Wildman–Crippen LogP) is 3.25. The maximum Gasteiger partial charge on any atom is 0.191 e. The maximum atomic E-state index is 4.68. The first-order chi connectivity index (χ1) is 11.2. The molecule has 1 aromatic rings. The fourth-order valence-corrected chi connectivity index (χ4v) is 2.54. The highest BCUT2D eigenvalue weighted by Gasteiger charge is 2.06. The van der Waals surface area contributed by atoms with E-state index in [1.165, 1.54) is 18.5 Å². The molecule has 0 bridgehead atoms. The van der Waals surface area contributed by atoms with Crippen molar-refractivity contribution in [1.29, 1.82) is 0 Å². The molecule has 4 nitrogen and oxygen atoms in total. The molecule has 0 saturated heterocycles. The van der Waals surface area contributed by atoms with Gasteiger partial charge in [0.2, 0.25) is 0 Å². The van der Waals surface area contributed by atoms with Gasteiger partial charge in [0.25, 0.3) is 0 Å². The van der Waals surface area contributed by atoms with E-state index < -0.39 is 0 Å². The van der Waals surface area contributed by atoms with E-state index in [1.54, 1.807) is 0 Å². The van der Waals surface area contributed by atoms with E-state index in [0.29, 0.717) is 12.6 Å². The molecule has 23 heavy (non-hydrogen) atoms. The number of nitrogens with zero attached hydrogens (tertiary/aromatic N) is 2. The van der Waals surface area contributed by atoms with Gasteiger partial charge in [-0.05, 0) is 51.9 Å². The Morgan fingerprint density at radius 2 is 1.83 bits per heavy atom. The van der Waals surface area contributed by atoms with Crippen LogP contribution >= 0.6 is 0 Å². The van der Waals surface area contributed by atoms with Gasteiger partial charge in [0.1, 0.15) is 0 Å². The minimum Gasteiger partial charge on any atom is -0.357 e. The Morgan fingerprint density at radius 3 is 2.43 bits per heavy atom. The molecule has 0 aliphatic heterocycles. The third-order valence-electron chi connectivity index (χ3n) is 4.00.